The molecular formula is C5H6N2O2S+. The molecule has 0 saturated heterocycles. The van der Waals surface area contributed by atoms with Crippen LogP contribution in [0.4, 0.5) is 0 Å². The van der Waals surface area contributed by atoms with E-state index in [0.717, 1.165) is 6.26 Å². The molecule has 1 aliphatic rings. The van der Waals surface area contributed by atoms with Crippen molar-refractivity contribution in [1.29, 1.82) is 0 Å². The minimum absolute atomic E-state index is 0.00926. The highest BCUT2D eigenvalue weighted by Crippen LogP contribution is 1.92. The first kappa shape index (κ1) is 7.14. The quantitative estimate of drug-likeness (QED) is 0.469. The third-order valence-corrected chi connectivity index (χ3v) is 1.91. The van der Waals surface area contributed by atoms with E-state index in [0.29, 0.717) is 0 Å². The van der Waals surface area contributed by atoms with Crippen LogP contribution in [-0.4, -0.2) is 25.9 Å². The average Bonchev–Trinajstić information content (AvgIpc) is 1.88. The lowest BCUT2D eigenvalue weighted by Crippen LogP contribution is -2.13. The Labute approximate surface area is 58.9 Å². The third kappa shape index (κ3) is 1.51. The zero-order chi connectivity index (χ0) is 7.61. The molecule has 0 spiro atoms. The molecule has 53 valence electrons. The molecular weight excluding hydrogens is 152 g/mol. The first-order chi connectivity index (χ1) is 4.61. The van der Waals surface area contributed by atoms with E-state index in [1.165, 1.54) is 18.4 Å². The molecule has 0 atom stereocenters. The van der Waals surface area contributed by atoms with Gasteiger partial charge in [0.25, 0.3) is 6.21 Å². The first-order valence-electron chi connectivity index (χ1n) is 2.58. The fraction of sp³-hybridized carbons (Fsp3) is 0.200. The topological polar surface area (TPSA) is 60.6 Å². The zero-order valence-corrected chi connectivity index (χ0v) is 6.17. The number of nitrogens with zero attached hydrogens (tertiary/aromatic N) is 2. The Bertz CT molecular complexity index is 311. The zero-order valence-electron chi connectivity index (χ0n) is 5.35. The van der Waals surface area contributed by atoms with Gasteiger partial charge < -0.3 is 0 Å². The van der Waals surface area contributed by atoms with Gasteiger partial charge in [0.15, 0.2) is 9.84 Å². The molecule has 0 aromatic rings. The number of sulfone groups is 1. The summed E-state index contributed by atoms with van der Waals surface area (Å²) < 4.78 is 21.5. The van der Waals surface area contributed by atoms with Gasteiger partial charge in [-0.15, -0.1) is 0 Å². The highest BCUT2D eigenvalue weighted by molar-refractivity contribution is 8.06. The standard InChI is InChI=1S/C5H6N2O2S/c1-10(8,9)5-3-2-4-6-7-5/h2-4H,1H3/q+1. The van der Waals surface area contributed by atoms with E-state index in [2.05, 4.69) is 10.2 Å². The summed E-state index contributed by atoms with van der Waals surface area (Å²) >= 11 is 0. The fourth-order valence-corrected chi connectivity index (χ4v) is 1.01. The number of hydrogen-bond donors (Lipinski definition) is 0. The van der Waals surface area contributed by atoms with E-state index < -0.39 is 9.84 Å². The first-order valence-corrected chi connectivity index (χ1v) is 4.47. The number of allylic oxidation sites excluding steroid dienone is 1. The van der Waals surface area contributed by atoms with Gasteiger partial charge >= 0.3 is 0 Å². The average molecular weight is 158 g/mol. The maximum absolute atomic E-state index is 10.7. The SMILES string of the molecule is CS(=O)(=O)C1=N[N+]=CC=C1. The van der Waals surface area contributed by atoms with Crippen molar-refractivity contribution < 1.29 is 8.42 Å². The van der Waals surface area contributed by atoms with Crippen molar-refractivity contribution in [1.82, 2.24) is 5.10 Å². The summed E-state index contributed by atoms with van der Waals surface area (Å²) in [6.07, 6.45) is 5.46. The largest absolute Gasteiger partial charge is 0.278 e. The van der Waals surface area contributed by atoms with Crippen LogP contribution in [0.2, 0.25) is 0 Å². The monoisotopic (exact) mass is 158 g/mol. The Morgan fingerprint density at radius 2 is 2.30 bits per heavy atom. The lowest BCUT2D eigenvalue weighted by Gasteiger charge is -1.88. The predicted molar refractivity (Wildman–Crippen MR) is 39.6 cm³/mol. The Balaban J connectivity index is 3.08. The number of rotatable bonds is 0. The second-order valence-electron chi connectivity index (χ2n) is 1.83. The predicted octanol–water partition coefficient (Wildman–Crippen LogP) is -0.679. The molecule has 0 aromatic heterocycles. The molecule has 1 rings (SSSR count). The fourth-order valence-electron chi connectivity index (χ4n) is 0.485. The highest BCUT2D eigenvalue weighted by atomic mass is 32.2. The lowest BCUT2D eigenvalue weighted by molar-refractivity contribution is 0.612. The minimum atomic E-state index is -3.18. The van der Waals surface area contributed by atoms with Crippen LogP contribution in [0.3, 0.4) is 0 Å². The van der Waals surface area contributed by atoms with Gasteiger partial charge in [-0.3, -0.25) is 0 Å². The molecule has 0 bridgehead atoms. The van der Waals surface area contributed by atoms with Gasteiger partial charge in [0.05, 0.1) is 5.10 Å². The summed E-state index contributed by atoms with van der Waals surface area (Å²) in [6, 6.07) is 0. The molecule has 0 fully saturated rings. The minimum Gasteiger partial charge on any atom is -0.222 e. The Hall–Kier alpha value is -0.970. The highest BCUT2D eigenvalue weighted by Gasteiger charge is 2.15. The van der Waals surface area contributed by atoms with E-state index in [1.54, 1.807) is 0 Å². The van der Waals surface area contributed by atoms with E-state index in [4.69, 9.17) is 0 Å². The van der Waals surface area contributed by atoms with E-state index in [9.17, 15) is 8.42 Å². The summed E-state index contributed by atoms with van der Waals surface area (Å²) in [4.78, 5) is 0. The van der Waals surface area contributed by atoms with Crippen LogP contribution >= 0.6 is 0 Å². The molecule has 5 heteroatoms. The molecule has 0 amide bonds. The maximum Gasteiger partial charge on any atom is 0.278 e. The molecule has 0 aromatic carbocycles. The van der Waals surface area contributed by atoms with Crippen molar-refractivity contribution in [2.75, 3.05) is 6.26 Å². The van der Waals surface area contributed by atoms with Crippen LogP contribution < -0.4 is 5.10 Å². The van der Waals surface area contributed by atoms with Crippen molar-refractivity contribution in [3.05, 3.63) is 12.2 Å². The van der Waals surface area contributed by atoms with Crippen LogP contribution in [0.5, 0.6) is 0 Å². The van der Waals surface area contributed by atoms with Gasteiger partial charge in [-0.25, -0.2) is 8.42 Å². The smallest absolute Gasteiger partial charge is 0.222 e. The van der Waals surface area contributed by atoms with Crippen LogP contribution in [0.1, 0.15) is 0 Å². The molecule has 0 aliphatic carbocycles. The Morgan fingerprint density at radius 3 is 2.60 bits per heavy atom. The molecule has 1 aliphatic heterocycles. The molecule has 0 saturated carbocycles. The lowest BCUT2D eigenvalue weighted by atomic mass is 10.5. The Morgan fingerprint density at radius 1 is 1.60 bits per heavy atom. The molecule has 1 radical (unpaired) electrons. The Kier molecular flexibility index (Phi) is 1.67. The van der Waals surface area contributed by atoms with Crippen molar-refractivity contribution in [3.8, 4) is 0 Å². The molecule has 10 heavy (non-hydrogen) atoms. The van der Waals surface area contributed by atoms with Crippen molar-refractivity contribution >= 4 is 21.1 Å². The van der Waals surface area contributed by atoms with Crippen LogP contribution in [-0.2, 0) is 9.84 Å². The van der Waals surface area contributed by atoms with Gasteiger partial charge in [0, 0.05) is 12.3 Å². The normalized spacial score (nSPS) is 17.1. The summed E-state index contributed by atoms with van der Waals surface area (Å²) in [5.41, 5.74) is 0. The van der Waals surface area contributed by atoms with Crippen LogP contribution in [0.25, 0.3) is 0 Å². The van der Waals surface area contributed by atoms with Crippen LogP contribution in [0.15, 0.2) is 17.3 Å². The summed E-state index contributed by atoms with van der Waals surface area (Å²) in [5.74, 6) is 0. The summed E-state index contributed by atoms with van der Waals surface area (Å²) in [6.45, 7) is 0. The van der Waals surface area contributed by atoms with Crippen molar-refractivity contribution in [2.45, 2.75) is 0 Å². The van der Waals surface area contributed by atoms with E-state index >= 15 is 0 Å². The molecule has 0 unspecified atom stereocenters. The van der Waals surface area contributed by atoms with Crippen LogP contribution in [0, 0.1) is 0 Å². The molecule has 1 heterocycles. The summed E-state index contributed by atoms with van der Waals surface area (Å²) in [7, 11) is -3.18. The molecule has 4 nitrogen and oxygen atoms in total. The third-order valence-electron chi connectivity index (χ3n) is 0.928. The van der Waals surface area contributed by atoms with Gasteiger partial charge in [0.1, 0.15) is 0 Å². The second-order valence-corrected chi connectivity index (χ2v) is 3.80. The van der Waals surface area contributed by atoms with Gasteiger partial charge in [-0.1, -0.05) is 0 Å². The van der Waals surface area contributed by atoms with E-state index in [-0.39, 0.29) is 5.04 Å². The van der Waals surface area contributed by atoms with Crippen molar-refractivity contribution in [2.24, 2.45) is 5.10 Å². The maximum atomic E-state index is 10.7. The van der Waals surface area contributed by atoms with E-state index in [1.807, 2.05) is 0 Å². The number of hydrogen-bond acceptors (Lipinski definition) is 4. The van der Waals surface area contributed by atoms with Crippen molar-refractivity contribution in [3.63, 3.8) is 0 Å². The van der Waals surface area contributed by atoms with Gasteiger partial charge in [0.2, 0.25) is 10.1 Å². The van der Waals surface area contributed by atoms with Gasteiger partial charge in [-0.05, 0) is 6.08 Å². The molecule has 0 N–H and O–H groups in total. The second kappa shape index (κ2) is 2.34. The van der Waals surface area contributed by atoms with Gasteiger partial charge in [-0.2, -0.15) is 0 Å². The summed E-state index contributed by atoms with van der Waals surface area (Å²) in [5, 5.41) is 6.84.